The van der Waals surface area contributed by atoms with Gasteiger partial charge in [-0.3, -0.25) is 4.79 Å². The highest BCUT2D eigenvalue weighted by Gasteiger charge is 2.30. The van der Waals surface area contributed by atoms with Gasteiger partial charge in [0.1, 0.15) is 18.0 Å². The van der Waals surface area contributed by atoms with Crippen LogP contribution < -0.4 is 0 Å². The molecule has 0 saturated carbocycles. The Labute approximate surface area is 97.6 Å². The highest BCUT2D eigenvalue weighted by molar-refractivity contribution is 9.10. The highest BCUT2D eigenvalue weighted by Crippen LogP contribution is 2.23. The van der Waals surface area contributed by atoms with E-state index in [0.29, 0.717) is 10.0 Å². The summed E-state index contributed by atoms with van der Waals surface area (Å²) in [6.07, 6.45) is -6.32. The Hall–Kier alpha value is -0.910. The van der Waals surface area contributed by atoms with E-state index in [1.54, 1.807) is 0 Å². The van der Waals surface area contributed by atoms with E-state index in [9.17, 15) is 22.4 Å². The third-order valence-electron chi connectivity index (χ3n) is 1.80. The Balaban J connectivity index is 2.70. The second-order valence-electron chi connectivity index (χ2n) is 3.24. The lowest BCUT2D eigenvalue weighted by molar-refractivity contribution is -0.151. The minimum Gasteiger partial charge on any atom is -0.299 e. The molecule has 1 nitrogen and oxygen atoms in total. The summed E-state index contributed by atoms with van der Waals surface area (Å²) in [6.45, 7) is 0. The maximum atomic E-state index is 12.7. The van der Waals surface area contributed by atoms with Gasteiger partial charge in [-0.2, -0.15) is 13.2 Å². The van der Waals surface area contributed by atoms with Crippen molar-refractivity contribution in [2.75, 3.05) is 0 Å². The van der Waals surface area contributed by atoms with Crippen LogP contribution in [0.25, 0.3) is 0 Å². The van der Waals surface area contributed by atoms with Crippen molar-refractivity contribution in [3.8, 4) is 0 Å². The molecule has 0 aromatic heterocycles. The van der Waals surface area contributed by atoms with Crippen molar-refractivity contribution < 1.29 is 22.4 Å². The smallest absolute Gasteiger partial charge is 0.299 e. The van der Waals surface area contributed by atoms with E-state index < -0.39 is 24.2 Å². The second-order valence-corrected chi connectivity index (χ2v) is 4.10. The van der Waals surface area contributed by atoms with E-state index in [4.69, 9.17) is 0 Å². The minimum atomic E-state index is -4.50. The number of Topliss-reactive ketones (excluding diaryl/α,β-unsaturated/α-hetero) is 1. The largest absolute Gasteiger partial charge is 0.395 e. The standard InChI is InChI=1S/C10H7BrF4O/c11-9-4-7(12)2-1-6(9)3-8(16)5-10(13,14)15/h1-2,4H,3,5H2. The molecule has 16 heavy (non-hydrogen) atoms. The Bertz CT molecular complexity index is 400. The van der Waals surface area contributed by atoms with E-state index in [0.717, 1.165) is 12.1 Å². The molecular weight excluding hydrogens is 292 g/mol. The molecule has 0 heterocycles. The van der Waals surface area contributed by atoms with Crippen molar-refractivity contribution in [3.05, 3.63) is 34.1 Å². The predicted molar refractivity (Wildman–Crippen MR) is 53.5 cm³/mol. The first-order valence-electron chi connectivity index (χ1n) is 4.30. The first-order chi connectivity index (χ1) is 7.28. The summed E-state index contributed by atoms with van der Waals surface area (Å²) >= 11 is 2.98. The first-order valence-corrected chi connectivity index (χ1v) is 5.09. The van der Waals surface area contributed by atoms with Crippen LogP contribution in [0.4, 0.5) is 17.6 Å². The van der Waals surface area contributed by atoms with Gasteiger partial charge in [-0.25, -0.2) is 4.39 Å². The summed E-state index contributed by atoms with van der Waals surface area (Å²) in [7, 11) is 0. The van der Waals surface area contributed by atoms with Crippen LogP contribution in [0.15, 0.2) is 22.7 Å². The number of carbonyl (C=O) groups is 1. The van der Waals surface area contributed by atoms with Crippen LogP contribution in [0.5, 0.6) is 0 Å². The first kappa shape index (κ1) is 13.2. The quantitative estimate of drug-likeness (QED) is 0.779. The minimum absolute atomic E-state index is 0.294. The average Bonchev–Trinajstić information content (AvgIpc) is 2.06. The maximum absolute atomic E-state index is 12.7. The van der Waals surface area contributed by atoms with Gasteiger partial charge in [-0.1, -0.05) is 22.0 Å². The zero-order valence-electron chi connectivity index (χ0n) is 7.94. The van der Waals surface area contributed by atoms with Gasteiger partial charge >= 0.3 is 6.18 Å². The number of ketones is 1. The molecule has 0 aliphatic carbocycles. The van der Waals surface area contributed by atoms with E-state index >= 15 is 0 Å². The lowest BCUT2D eigenvalue weighted by Crippen LogP contribution is -2.16. The van der Waals surface area contributed by atoms with Crippen molar-refractivity contribution in [2.45, 2.75) is 19.0 Å². The van der Waals surface area contributed by atoms with Crippen LogP contribution >= 0.6 is 15.9 Å². The Kier molecular flexibility index (Phi) is 4.07. The van der Waals surface area contributed by atoms with Crippen LogP contribution in [0, 0.1) is 5.82 Å². The molecule has 0 aliphatic rings. The van der Waals surface area contributed by atoms with Gasteiger partial charge in [0, 0.05) is 10.9 Å². The second kappa shape index (κ2) is 4.95. The molecule has 0 bridgehead atoms. The average molecular weight is 299 g/mol. The fourth-order valence-electron chi connectivity index (χ4n) is 1.16. The van der Waals surface area contributed by atoms with Crippen molar-refractivity contribution >= 4 is 21.7 Å². The van der Waals surface area contributed by atoms with E-state index in [-0.39, 0.29) is 6.42 Å². The molecule has 0 unspecified atom stereocenters. The zero-order valence-corrected chi connectivity index (χ0v) is 9.53. The third kappa shape index (κ3) is 4.30. The molecule has 6 heteroatoms. The molecule has 0 N–H and O–H groups in total. The molecule has 0 spiro atoms. The number of benzene rings is 1. The molecule has 0 atom stereocenters. The van der Waals surface area contributed by atoms with E-state index in [1.165, 1.54) is 6.07 Å². The lowest BCUT2D eigenvalue weighted by atomic mass is 10.1. The van der Waals surface area contributed by atoms with Crippen LogP contribution in [0.1, 0.15) is 12.0 Å². The molecule has 1 rings (SSSR count). The Morgan fingerprint density at radius 1 is 1.31 bits per heavy atom. The molecule has 0 aliphatic heterocycles. The molecule has 0 saturated heterocycles. The fraction of sp³-hybridized carbons (Fsp3) is 0.300. The summed E-state index contributed by atoms with van der Waals surface area (Å²) in [6, 6.07) is 3.49. The number of hydrogen-bond acceptors (Lipinski definition) is 1. The van der Waals surface area contributed by atoms with Gasteiger partial charge < -0.3 is 0 Å². The normalized spacial score (nSPS) is 11.6. The Morgan fingerprint density at radius 3 is 2.44 bits per heavy atom. The number of halogens is 5. The van der Waals surface area contributed by atoms with Crippen molar-refractivity contribution in [2.24, 2.45) is 0 Å². The summed E-state index contributed by atoms with van der Waals surface area (Å²) in [5.41, 5.74) is 0.343. The van der Waals surface area contributed by atoms with Crippen LogP contribution in [-0.4, -0.2) is 12.0 Å². The summed E-state index contributed by atoms with van der Waals surface area (Å²) in [4.78, 5) is 11.0. The summed E-state index contributed by atoms with van der Waals surface area (Å²) < 4.78 is 48.6. The molecule has 88 valence electrons. The van der Waals surface area contributed by atoms with Gasteiger partial charge in [0.05, 0.1) is 0 Å². The number of rotatable bonds is 3. The van der Waals surface area contributed by atoms with Gasteiger partial charge in [0.25, 0.3) is 0 Å². The van der Waals surface area contributed by atoms with Crippen LogP contribution in [0.3, 0.4) is 0 Å². The third-order valence-corrected chi connectivity index (χ3v) is 2.54. The van der Waals surface area contributed by atoms with E-state index in [1.807, 2.05) is 0 Å². The van der Waals surface area contributed by atoms with Gasteiger partial charge in [-0.15, -0.1) is 0 Å². The maximum Gasteiger partial charge on any atom is 0.395 e. The highest BCUT2D eigenvalue weighted by atomic mass is 79.9. The van der Waals surface area contributed by atoms with Crippen molar-refractivity contribution in [1.82, 2.24) is 0 Å². The van der Waals surface area contributed by atoms with Crippen LogP contribution in [0.2, 0.25) is 0 Å². The zero-order chi connectivity index (χ0) is 12.3. The summed E-state index contributed by atoms with van der Waals surface area (Å²) in [5, 5.41) is 0. The number of carbonyl (C=O) groups excluding carboxylic acids is 1. The fourth-order valence-corrected chi connectivity index (χ4v) is 1.65. The monoisotopic (exact) mass is 298 g/mol. The van der Waals surface area contributed by atoms with E-state index in [2.05, 4.69) is 15.9 Å². The molecule has 1 aromatic rings. The summed E-state index contributed by atoms with van der Waals surface area (Å²) in [5.74, 6) is -1.46. The number of hydrogen-bond donors (Lipinski definition) is 0. The predicted octanol–water partition coefficient (Wildman–Crippen LogP) is 3.65. The van der Waals surface area contributed by atoms with Crippen LogP contribution in [-0.2, 0) is 11.2 Å². The Morgan fingerprint density at radius 2 is 1.94 bits per heavy atom. The molecular formula is C10H7BrF4O. The van der Waals surface area contributed by atoms with Gasteiger partial charge in [0.15, 0.2) is 0 Å². The lowest BCUT2D eigenvalue weighted by Gasteiger charge is -2.06. The van der Waals surface area contributed by atoms with Gasteiger partial charge in [0.2, 0.25) is 0 Å². The topological polar surface area (TPSA) is 17.1 Å². The van der Waals surface area contributed by atoms with Crippen molar-refractivity contribution in [1.29, 1.82) is 0 Å². The SMILES string of the molecule is O=C(Cc1ccc(F)cc1Br)CC(F)(F)F. The number of alkyl halides is 3. The molecule has 0 radical (unpaired) electrons. The molecule has 1 aromatic carbocycles. The van der Waals surface area contributed by atoms with Crippen molar-refractivity contribution in [3.63, 3.8) is 0 Å². The molecule has 0 amide bonds. The van der Waals surface area contributed by atoms with Gasteiger partial charge in [-0.05, 0) is 17.7 Å². The molecule has 0 fully saturated rings.